The van der Waals surface area contributed by atoms with E-state index in [0.717, 1.165) is 0 Å². The quantitative estimate of drug-likeness (QED) is 0.561. The van der Waals surface area contributed by atoms with Gasteiger partial charge in [0.25, 0.3) is 0 Å². The lowest BCUT2D eigenvalue weighted by atomic mass is 10.0. The molecule has 2 N–H and O–H groups in total. The third-order valence-corrected chi connectivity index (χ3v) is 5.16. The van der Waals surface area contributed by atoms with E-state index in [1.165, 1.54) is 13.8 Å². The van der Waals surface area contributed by atoms with Crippen molar-refractivity contribution in [2.24, 2.45) is 5.73 Å². The molecule has 0 aromatic heterocycles. The predicted molar refractivity (Wildman–Crippen MR) is 74.2 cm³/mol. The van der Waals surface area contributed by atoms with Crippen LogP contribution in [0, 0.1) is 0 Å². The second-order valence-corrected chi connectivity index (χ2v) is 6.77. The standard InChI is InChI=1S/C13H16F6NO3P/c1-3-22-24(21,23-4-2)11(20)9-7-8(12(14,15)16)5-6-10(9)13(17,18)19/h5-7,11H,3-4,20H2,1-2H3/t11-/m1/s1. The van der Waals surface area contributed by atoms with E-state index >= 15 is 0 Å². The topological polar surface area (TPSA) is 61.5 Å². The van der Waals surface area contributed by atoms with E-state index in [0.29, 0.717) is 0 Å². The Bertz CT molecular complexity index is 607. The van der Waals surface area contributed by atoms with E-state index in [9.17, 15) is 30.9 Å². The highest BCUT2D eigenvalue weighted by Gasteiger charge is 2.43. The summed E-state index contributed by atoms with van der Waals surface area (Å²) in [6, 6.07) is 0.754. The number of hydrogen-bond donors (Lipinski definition) is 1. The largest absolute Gasteiger partial charge is 0.416 e. The van der Waals surface area contributed by atoms with Crippen molar-refractivity contribution in [3.05, 3.63) is 34.9 Å². The maximum absolute atomic E-state index is 13.1. The van der Waals surface area contributed by atoms with Gasteiger partial charge in [-0.05, 0) is 37.6 Å². The fourth-order valence-corrected chi connectivity index (χ4v) is 3.64. The van der Waals surface area contributed by atoms with Crippen molar-refractivity contribution in [1.29, 1.82) is 0 Å². The Kier molecular flexibility index (Phi) is 6.49. The first-order valence-electron chi connectivity index (χ1n) is 6.79. The summed E-state index contributed by atoms with van der Waals surface area (Å²) in [5.41, 5.74) is 1.80. The van der Waals surface area contributed by atoms with Crippen molar-refractivity contribution < 1.29 is 40.0 Å². The smallest absolute Gasteiger partial charge is 0.314 e. The van der Waals surface area contributed by atoms with Gasteiger partial charge in [0, 0.05) is 0 Å². The lowest BCUT2D eigenvalue weighted by Gasteiger charge is -2.26. The van der Waals surface area contributed by atoms with Crippen LogP contribution < -0.4 is 5.73 Å². The minimum absolute atomic E-state index is 0.203. The first kappa shape index (κ1) is 21.0. The Balaban J connectivity index is 3.54. The molecule has 1 aromatic carbocycles. The average Bonchev–Trinajstić information content (AvgIpc) is 2.44. The average molecular weight is 379 g/mol. The van der Waals surface area contributed by atoms with E-state index in [1.807, 2.05) is 0 Å². The summed E-state index contributed by atoms with van der Waals surface area (Å²) in [6.45, 7) is 2.39. The normalized spacial score (nSPS) is 14.7. The van der Waals surface area contributed by atoms with Gasteiger partial charge in [0.15, 0.2) is 0 Å². The van der Waals surface area contributed by atoms with Crippen LogP contribution in [0.3, 0.4) is 0 Å². The molecule has 0 spiro atoms. The molecular weight excluding hydrogens is 363 g/mol. The fraction of sp³-hybridized carbons (Fsp3) is 0.538. The Morgan fingerprint density at radius 3 is 1.92 bits per heavy atom. The van der Waals surface area contributed by atoms with E-state index in [1.54, 1.807) is 0 Å². The Hall–Kier alpha value is -1.09. The fourth-order valence-electron chi connectivity index (χ4n) is 1.97. The van der Waals surface area contributed by atoms with Gasteiger partial charge in [0.2, 0.25) is 0 Å². The summed E-state index contributed by atoms with van der Waals surface area (Å²) in [4.78, 5) is 0. The van der Waals surface area contributed by atoms with Gasteiger partial charge in [-0.25, -0.2) is 0 Å². The minimum Gasteiger partial charge on any atom is -0.314 e. The molecule has 0 aliphatic carbocycles. The molecule has 0 unspecified atom stereocenters. The molecule has 0 radical (unpaired) electrons. The van der Waals surface area contributed by atoms with E-state index in [-0.39, 0.29) is 31.4 Å². The number of nitrogens with two attached hydrogens (primary N) is 1. The Morgan fingerprint density at radius 1 is 1.04 bits per heavy atom. The minimum atomic E-state index is -4.99. The third kappa shape index (κ3) is 4.72. The van der Waals surface area contributed by atoms with Crippen LogP contribution in [0.5, 0.6) is 0 Å². The van der Waals surface area contributed by atoms with Gasteiger partial charge < -0.3 is 14.8 Å². The van der Waals surface area contributed by atoms with Crippen LogP contribution in [0.4, 0.5) is 26.3 Å². The molecule has 1 rings (SSSR count). The van der Waals surface area contributed by atoms with E-state index in [2.05, 4.69) is 0 Å². The van der Waals surface area contributed by atoms with Crippen molar-refractivity contribution in [3.63, 3.8) is 0 Å². The summed E-state index contributed by atoms with van der Waals surface area (Å²) < 4.78 is 99.9. The van der Waals surface area contributed by atoms with Gasteiger partial charge in [-0.2, -0.15) is 26.3 Å². The molecule has 1 atom stereocenters. The molecule has 24 heavy (non-hydrogen) atoms. The van der Waals surface area contributed by atoms with Crippen LogP contribution in [-0.4, -0.2) is 13.2 Å². The second-order valence-electron chi connectivity index (χ2n) is 4.62. The zero-order valence-corrected chi connectivity index (χ0v) is 13.6. The van der Waals surface area contributed by atoms with Crippen molar-refractivity contribution in [2.75, 3.05) is 13.2 Å². The monoisotopic (exact) mass is 379 g/mol. The highest BCUT2D eigenvalue weighted by molar-refractivity contribution is 7.54. The van der Waals surface area contributed by atoms with Gasteiger partial charge in [0.05, 0.1) is 24.3 Å². The van der Waals surface area contributed by atoms with Crippen LogP contribution in [-0.2, 0) is 26.0 Å². The molecule has 138 valence electrons. The zero-order valence-electron chi connectivity index (χ0n) is 12.7. The summed E-state index contributed by atoms with van der Waals surface area (Å²) in [6.07, 6.45) is -9.87. The van der Waals surface area contributed by atoms with Crippen LogP contribution in [0.2, 0.25) is 0 Å². The first-order valence-corrected chi connectivity index (χ1v) is 8.40. The van der Waals surface area contributed by atoms with Crippen LogP contribution in [0.25, 0.3) is 0 Å². The SMILES string of the molecule is CCOP(=O)(OCC)[C@@H](N)c1cc(C(F)(F)F)ccc1C(F)(F)F. The Labute approximate surface area is 134 Å². The molecule has 0 aliphatic heterocycles. The number of rotatable bonds is 6. The van der Waals surface area contributed by atoms with Gasteiger partial charge >= 0.3 is 19.9 Å². The lowest BCUT2D eigenvalue weighted by Crippen LogP contribution is -2.21. The molecule has 0 heterocycles. The van der Waals surface area contributed by atoms with Gasteiger partial charge in [-0.15, -0.1) is 0 Å². The lowest BCUT2D eigenvalue weighted by molar-refractivity contribution is -0.141. The third-order valence-electron chi connectivity index (χ3n) is 2.96. The number of alkyl halides is 6. The number of halogens is 6. The molecule has 0 saturated heterocycles. The molecular formula is C13H16F6NO3P. The summed E-state index contributed by atoms with van der Waals surface area (Å²) in [5.74, 6) is -2.02. The zero-order chi connectivity index (χ0) is 18.8. The maximum Gasteiger partial charge on any atom is 0.416 e. The van der Waals surface area contributed by atoms with Gasteiger partial charge in [0.1, 0.15) is 5.78 Å². The highest BCUT2D eigenvalue weighted by atomic mass is 31.2. The predicted octanol–water partition coefficient (Wildman–Crippen LogP) is 4.95. The molecule has 0 bridgehead atoms. The first-order chi connectivity index (χ1) is 10.9. The Morgan fingerprint density at radius 2 is 1.54 bits per heavy atom. The van der Waals surface area contributed by atoms with Crippen LogP contribution in [0.1, 0.15) is 36.3 Å². The van der Waals surface area contributed by atoms with Gasteiger partial charge in [-0.3, -0.25) is 4.57 Å². The van der Waals surface area contributed by atoms with Crippen molar-refractivity contribution >= 4 is 7.60 Å². The van der Waals surface area contributed by atoms with E-state index in [4.69, 9.17) is 14.8 Å². The summed E-state index contributed by atoms with van der Waals surface area (Å²) in [5, 5.41) is 0. The molecule has 11 heteroatoms. The van der Waals surface area contributed by atoms with Crippen LogP contribution in [0.15, 0.2) is 18.2 Å². The summed E-state index contributed by atoms with van der Waals surface area (Å²) in [7, 11) is -4.29. The number of hydrogen-bond acceptors (Lipinski definition) is 4. The second kappa shape index (κ2) is 7.43. The molecule has 0 amide bonds. The number of benzene rings is 1. The maximum atomic E-state index is 13.1. The van der Waals surface area contributed by atoms with Crippen LogP contribution >= 0.6 is 7.60 Å². The highest BCUT2D eigenvalue weighted by Crippen LogP contribution is 2.59. The van der Waals surface area contributed by atoms with E-state index < -0.39 is 42.4 Å². The molecule has 0 aliphatic rings. The van der Waals surface area contributed by atoms with Crippen molar-refractivity contribution in [2.45, 2.75) is 32.0 Å². The summed E-state index contributed by atoms with van der Waals surface area (Å²) >= 11 is 0. The molecule has 0 saturated carbocycles. The molecule has 0 fully saturated rings. The van der Waals surface area contributed by atoms with Crippen molar-refractivity contribution in [1.82, 2.24) is 0 Å². The molecule has 1 aromatic rings. The molecule has 4 nitrogen and oxygen atoms in total. The van der Waals surface area contributed by atoms with Gasteiger partial charge in [-0.1, -0.05) is 0 Å². The van der Waals surface area contributed by atoms with Crippen molar-refractivity contribution in [3.8, 4) is 0 Å².